The molecule has 1 aromatic rings. The Kier molecular flexibility index (Phi) is 3.54. The molecular formula is C9H12ClNO2. The van der Waals surface area contributed by atoms with E-state index in [4.69, 9.17) is 16.7 Å². The topological polar surface area (TPSA) is 52.5 Å². The van der Waals surface area contributed by atoms with Gasteiger partial charge in [0.05, 0.1) is 17.7 Å². The highest BCUT2D eigenvalue weighted by Gasteiger charge is 2.13. The fourth-order valence-corrected chi connectivity index (χ4v) is 1.41. The van der Waals surface area contributed by atoms with E-state index in [1.54, 1.807) is 19.2 Å². The fourth-order valence-electron chi connectivity index (χ4n) is 1.15. The van der Waals surface area contributed by atoms with E-state index in [0.717, 1.165) is 0 Å². The van der Waals surface area contributed by atoms with Gasteiger partial charge >= 0.3 is 0 Å². The number of likely N-dealkylation sites (N-methyl/N-ethyl adjacent to an activating group) is 1. The number of aliphatic hydroxyl groups is 1. The minimum Gasteiger partial charge on any atom is -0.506 e. The van der Waals surface area contributed by atoms with E-state index < -0.39 is 0 Å². The maximum Gasteiger partial charge on any atom is 0.134 e. The van der Waals surface area contributed by atoms with E-state index in [2.05, 4.69) is 5.32 Å². The minimum absolute atomic E-state index is 0.0351. The summed E-state index contributed by atoms with van der Waals surface area (Å²) in [6, 6.07) is 4.73. The molecule has 0 aromatic heterocycles. The van der Waals surface area contributed by atoms with E-state index >= 15 is 0 Å². The van der Waals surface area contributed by atoms with Gasteiger partial charge in [-0.05, 0) is 18.7 Å². The van der Waals surface area contributed by atoms with Crippen molar-refractivity contribution in [3.63, 3.8) is 0 Å². The number of nitrogens with one attached hydrogen (secondary N) is 1. The van der Waals surface area contributed by atoms with Gasteiger partial charge in [0.2, 0.25) is 0 Å². The molecule has 0 amide bonds. The average Bonchev–Trinajstić information content (AvgIpc) is 2.14. The second kappa shape index (κ2) is 4.46. The third-order valence-electron chi connectivity index (χ3n) is 1.91. The summed E-state index contributed by atoms with van der Waals surface area (Å²) in [6.07, 6.45) is 0. The number of aliphatic hydroxyl groups excluding tert-OH is 1. The first kappa shape index (κ1) is 10.3. The molecule has 0 aliphatic heterocycles. The lowest BCUT2D eigenvalue weighted by atomic mass is 10.1. The van der Waals surface area contributed by atoms with E-state index in [-0.39, 0.29) is 23.4 Å². The van der Waals surface area contributed by atoms with Gasteiger partial charge < -0.3 is 15.5 Å². The van der Waals surface area contributed by atoms with Crippen molar-refractivity contribution < 1.29 is 10.2 Å². The van der Waals surface area contributed by atoms with Crippen LogP contribution in [-0.2, 0) is 0 Å². The summed E-state index contributed by atoms with van der Waals surface area (Å²) >= 11 is 5.84. The third kappa shape index (κ3) is 2.12. The number of halogens is 1. The molecule has 72 valence electrons. The summed E-state index contributed by atoms with van der Waals surface area (Å²) in [5.41, 5.74) is 0.701. The van der Waals surface area contributed by atoms with Crippen molar-refractivity contribution in [3.05, 3.63) is 28.8 Å². The summed E-state index contributed by atoms with van der Waals surface area (Å²) in [4.78, 5) is 0. The van der Waals surface area contributed by atoms with Crippen LogP contribution in [0.25, 0.3) is 0 Å². The van der Waals surface area contributed by atoms with Crippen LogP contribution in [0, 0.1) is 0 Å². The van der Waals surface area contributed by atoms with Gasteiger partial charge in [-0.25, -0.2) is 0 Å². The predicted octanol–water partition coefficient (Wildman–Crippen LogP) is 1.30. The highest BCUT2D eigenvalue weighted by atomic mass is 35.5. The summed E-state index contributed by atoms with van der Waals surface area (Å²) in [6.45, 7) is -0.0559. The number of phenolic OH excluding ortho intramolecular Hbond substituents is 1. The van der Waals surface area contributed by atoms with E-state index in [1.807, 2.05) is 0 Å². The smallest absolute Gasteiger partial charge is 0.134 e. The Morgan fingerprint density at radius 3 is 2.77 bits per heavy atom. The predicted molar refractivity (Wildman–Crippen MR) is 52.0 cm³/mol. The second-order valence-electron chi connectivity index (χ2n) is 2.70. The quantitative estimate of drug-likeness (QED) is 0.691. The van der Waals surface area contributed by atoms with Crippen molar-refractivity contribution >= 4 is 11.6 Å². The maximum absolute atomic E-state index is 9.30. The SMILES string of the molecule is CN[C@H](CO)c1cccc(O)c1Cl. The van der Waals surface area contributed by atoms with E-state index in [0.29, 0.717) is 5.56 Å². The zero-order chi connectivity index (χ0) is 9.84. The highest BCUT2D eigenvalue weighted by Crippen LogP contribution is 2.30. The number of phenols is 1. The summed E-state index contributed by atoms with van der Waals surface area (Å²) < 4.78 is 0. The number of benzene rings is 1. The van der Waals surface area contributed by atoms with Gasteiger partial charge in [-0.15, -0.1) is 0 Å². The largest absolute Gasteiger partial charge is 0.506 e. The first-order valence-corrected chi connectivity index (χ1v) is 4.34. The fraction of sp³-hybridized carbons (Fsp3) is 0.333. The molecule has 0 unspecified atom stereocenters. The lowest BCUT2D eigenvalue weighted by Crippen LogP contribution is -2.20. The zero-order valence-electron chi connectivity index (χ0n) is 7.29. The Hall–Kier alpha value is -0.770. The summed E-state index contributed by atoms with van der Waals surface area (Å²) in [7, 11) is 1.72. The molecule has 1 atom stereocenters. The molecule has 0 bridgehead atoms. The molecule has 0 saturated heterocycles. The van der Waals surface area contributed by atoms with Crippen molar-refractivity contribution in [1.29, 1.82) is 0 Å². The summed E-state index contributed by atoms with van der Waals surface area (Å²) in [5, 5.41) is 21.5. The van der Waals surface area contributed by atoms with E-state index in [1.165, 1.54) is 6.07 Å². The van der Waals surface area contributed by atoms with Crippen LogP contribution < -0.4 is 5.32 Å². The van der Waals surface area contributed by atoms with Gasteiger partial charge in [-0.3, -0.25) is 0 Å². The molecule has 0 heterocycles. The summed E-state index contributed by atoms with van der Waals surface area (Å²) in [5.74, 6) is 0.0351. The van der Waals surface area contributed by atoms with Crippen molar-refractivity contribution in [2.24, 2.45) is 0 Å². The Labute approximate surface area is 82.0 Å². The lowest BCUT2D eigenvalue weighted by Gasteiger charge is -2.15. The van der Waals surface area contributed by atoms with Gasteiger partial charge in [0.25, 0.3) is 0 Å². The number of rotatable bonds is 3. The van der Waals surface area contributed by atoms with Crippen LogP contribution in [-0.4, -0.2) is 23.9 Å². The molecule has 3 nitrogen and oxygen atoms in total. The van der Waals surface area contributed by atoms with Crippen molar-refractivity contribution in [1.82, 2.24) is 5.32 Å². The number of hydrogen-bond donors (Lipinski definition) is 3. The molecule has 4 heteroatoms. The van der Waals surface area contributed by atoms with Gasteiger partial charge in [0.1, 0.15) is 5.75 Å². The first-order chi connectivity index (χ1) is 6.20. The molecule has 1 rings (SSSR count). The van der Waals surface area contributed by atoms with Crippen LogP contribution in [0.2, 0.25) is 5.02 Å². The van der Waals surface area contributed by atoms with Crippen LogP contribution >= 0.6 is 11.6 Å². The van der Waals surface area contributed by atoms with E-state index in [9.17, 15) is 5.11 Å². The van der Waals surface area contributed by atoms with Crippen LogP contribution in [0.1, 0.15) is 11.6 Å². The highest BCUT2D eigenvalue weighted by molar-refractivity contribution is 6.32. The van der Waals surface area contributed by atoms with Gasteiger partial charge in [0, 0.05) is 0 Å². The Bertz CT molecular complexity index is 287. The molecule has 3 N–H and O–H groups in total. The average molecular weight is 202 g/mol. The number of aromatic hydroxyl groups is 1. The Balaban J connectivity index is 3.05. The monoisotopic (exact) mass is 201 g/mol. The zero-order valence-corrected chi connectivity index (χ0v) is 8.04. The van der Waals surface area contributed by atoms with Crippen LogP contribution in [0.3, 0.4) is 0 Å². The molecular weight excluding hydrogens is 190 g/mol. The molecule has 0 fully saturated rings. The van der Waals surface area contributed by atoms with Crippen LogP contribution in [0.5, 0.6) is 5.75 Å². The van der Waals surface area contributed by atoms with Gasteiger partial charge in [-0.1, -0.05) is 23.7 Å². The Morgan fingerprint density at radius 1 is 1.54 bits per heavy atom. The standard InChI is InChI=1S/C9H12ClNO2/c1-11-7(5-12)6-3-2-4-8(13)9(6)10/h2-4,7,11-13H,5H2,1H3/t7-/m1/s1. The van der Waals surface area contributed by atoms with Gasteiger partial charge in [0.15, 0.2) is 0 Å². The second-order valence-corrected chi connectivity index (χ2v) is 3.08. The third-order valence-corrected chi connectivity index (χ3v) is 2.33. The molecule has 0 aliphatic carbocycles. The van der Waals surface area contributed by atoms with Crippen molar-refractivity contribution in [2.75, 3.05) is 13.7 Å². The van der Waals surface area contributed by atoms with Crippen molar-refractivity contribution in [3.8, 4) is 5.75 Å². The molecule has 0 radical (unpaired) electrons. The molecule has 1 aromatic carbocycles. The molecule has 0 saturated carbocycles. The molecule has 0 aliphatic rings. The van der Waals surface area contributed by atoms with Crippen molar-refractivity contribution in [2.45, 2.75) is 6.04 Å². The molecule has 13 heavy (non-hydrogen) atoms. The van der Waals surface area contributed by atoms with Crippen LogP contribution in [0.15, 0.2) is 18.2 Å². The Morgan fingerprint density at radius 2 is 2.23 bits per heavy atom. The maximum atomic E-state index is 9.30. The van der Waals surface area contributed by atoms with Gasteiger partial charge in [-0.2, -0.15) is 0 Å². The normalized spacial score (nSPS) is 12.8. The number of hydrogen-bond acceptors (Lipinski definition) is 3. The van der Waals surface area contributed by atoms with Crippen LogP contribution in [0.4, 0.5) is 0 Å². The molecule has 0 spiro atoms. The lowest BCUT2D eigenvalue weighted by molar-refractivity contribution is 0.251. The first-order valence-electron chi connectivity index (χ1n) is 3.96. The minimum atomic E-state index is -0.236.